The number of aromatic nitrogens is 3. The van der Waals surface area contributed by atoms with E-state index >= 15 is 0 Å². The van der Waals surface area contributed by atoms with E-state index in [0.29, 0.717) is 17.8 Å². The molecule has 3 aromatic rings. The molecule has 2 aliphatic rings. The molecule has 5 heteroatoms. The highest BCUT2D eigenvalue weighted by molar-refractivity contribution is 5.85. The van der Waals surface area contributed by atoms with Crippen LogP contribution >= 0.6 is 0 Å². The van der Waals surface area contributed by atoms with Gasteiger partial charge in [-0.05, 0) is 44.1 Å². The predicted molar refractivity (Wildman–Crippen MR) is 107 cm³/mol. The molecule has 140 valence electrons. The molecule has 0 radical (unpaired) electrons. The Bertz CT molecular complexity index is 937. The standard InChI is InChI=1S/C22H26N4O/c23-21-20-19(25-22(17-4-3-5-17)26(20)12-11-24-21)16-9-7-15(8-10-16)14-18-6-1-2-13-27-18/h7-12,17-18H,1-6,13-14H2,(H2,23,24). The van der Waals surface area contributed by atoms with Crippen LogP contribution < -0.4 is 5.73 Å². The van der Waals surface area contributed by atoms with Gasteiger partial charge in [0, 0.05) is 30.5 Å². The molecule has 2 N–H and O–H groups in total. The van der Waals surface area contributed by atoms with Gasteiger partial charge >= 0.3 is 0 Å². The quantitative estimate of drug-likeness (QED) is 0.749. The second-order valence-corrected chi connectivity index (χ2v) is 7.87. The van der Waals surface area contributed by atoms with Crippen molar-refractivity contribution in [3.63, 3.8) is 0 Å². The molecular formula is C22H26N4O. The van der Waals surface area contributed by atoms with Gasteiger partial charge in [-0.1, -0.05) is 30.7 Å². The van der Waals surface area contributed by atoms with Gasteiger partial charge in [-0.15, -0.1) is 0 Å². The third-order valence-corrected chi connectivity index (χ3v) is 6.05. The average molecular weight is 362 g/mol. The Labute approximate surface area is 159 Å². The maximum atomic E-state index is 6.23. The van der Waals surface area contributed by atoms with E-state index < -0.39 is 0 Å². The van der Waals surface area contributed by atoms with Crippen LogP contribution in [0.4, 0.5) is 5.82 Å². The first kappa shape index (κ1) is 16.8. The lowest BCUT2D eigenvalue weighted by atomic mass is 9.85. The SMILES string of the molecule is Nc1nccn2c(C3CCC3)nc(-c3ccc(CC4CCCCO4)cc3)c12. The molecule has 5 rings (SSSR count). The summed E-state index contributed by atoms with van der Waals surface area (Å²) < 4.78 is 8.02. The molecule has 1 saturated heterocycles. The largest absolute Gasteiger partial charge is 0.382 e. The Morgan fingerprint density at radius 2 is 1.93 bits per heavy atom. The van der Waals surface area contributed by atoms with Gasteiger partial charge in [0.15, 0.2) is 0 Å². The first-order valence-electron chi connectivity index (χ1n) is 10.1. The second-order valence-electron chi connectivity index (χ2n) is 7.87. The molecule has 1 atom stereocenters. The third-order valence-electron chi connectivity index (χ3n) is 6.05. The Hall–Kier alpha value is -2.40. The highest BCUT2D eigenvalue weighted by Crippen LogP contribution is 2.39. The molecule has 5 nitrogen and oxygen atoms in total. The smallest absolute Gasteiger partial charge is 0.150 e. The molecule has 1 saturated carbocycles. The van der Waals surface area contributed by atoms with Gasteiger partial charge in [-0.3, -0.25) is 4.40 Å². The molecule has 0 bridgehead atoms. The summed E-state index contributed by atoms with van der Waals surface area (Å²) in [7, 11) is 0. The van der Waals surface area contributed by atoms with Crippen LogP contribution in [0, 0.1) is 0 Å². The van der Waals surface area contributed by atoms with Crippen molar-refractivity contribution in [2.75, 3.05) is 12.3 Å². The summed E-state index contributed by atoms with van der Waals surface area (Å²) in [5.74, 6) is 2.21. The van der Waals surface area contributed by atoms with Gasteiger partial charge in [0.25, 0.3) is 0 Å². The topological polar surface area (TPSA) is 65.4 Å². The number of benzene rings is 1. The minimum Gasteiger partial charge on any atom is -0.382 e. The highest BCUT2D eigenvalue weighted by atomic mass is 16.5. The summed E-state index contributed by atoms with van der Waals surface area (Å²) in [4.78, 5) is 9.31. The monoisotopic (exact) mass is 362 g/mol. The maximum Gasteiger partial charge on any atom is 0.150 e. The van der Waals surface area contributed by atoms with Gasteiger partial charge < -0.3 is 10.5 Å². The molecule has 0 amide bonds. The zero-order chi connectivity index (χ0) is 18.2. The van der Waals surface area contributed by atoms with Crippen LogP contribution in [-0.2, 0) is 11.2 Å². The van der Waals surface area contributed by atoms with Crippen molar-refractivity contribution in [3.8, 4) is 11.3 Å². The van der Waals surface area contributed by atoms with Gasteiger partial charge in [0.2, 0.25) is 0 Å². The summed E-state index contributed by atoms with van der Waals surface area (Å²) in [5, 5.41) is 0. The summed E-state index contributed by atoms with van der Waals surface area (Å²) in [5.41, 5.74) is 10.5. The van der Waals surface area contributed by atoms with Crippen LogP contribution in [0.5, 0.6) is 0 Å². The fraction of sp³-hybridized carbons (Fsp3) is 0.455. The van der Waals surface area contributed by atoms with Crippen LogP contribution in [0.3, 0.4) is 0 Å². The second kappa shape index (κ2) is 6.97. The molecule has 1 aliphatic carbocycles. The summed E-state index contributed by atoms with van der Waals surface area (Å²) in [6.45, 7) is 0.902. The van der Waals surface area contributed by atoms with Crippen molar-refractivity contribution in [1.82, 2.24) is 14.4 Å². The van der Waals surface area contributed by atoms with Crippen LogP contribution in [0.2, 0.25) is 0 Å². The lowest BCUT2D eigenvalue weighted by molar-refractivity contribution is 0.0168. The molecule has 2 fully saturated rings. The lowest BCUT2D eigenvalue weighted by Crippen LogP contribution is -2.21. The van der Waals surface area contributed by atoms with Crippen molar-refractivity contribution < 1.29 is 4.74 Å². The zero-order valence-corrected chi connectivity index (χ0v) is 15.6. The normalized spacial score (nSPS) is 20.7. The van der Waals surface area contributed by atoms with Gasteiger partial charge in [0.05, 0.1) is 6.10 Å². The highest BCUT2D eigenvalue weighted by Gasteiger charge is 2.26. The number of anilines is 1. The van der Waals surface area contributed by atoms with Gasteiger partial charge in [0.1, 0.15) is 22.9 Å². The van der Waals surface area contributed by atoms with Crippen molar-refractivity contribution in [3.05, 3.63) is 48.0 Å². The number of hydrogen-bond donors (Lipinski definition) is 1. The number of nitrogens with two attached hydrogens (primary N) is 1. The molecule has 0 spiro atoms. The van der Waals surface area contributed by atoms with E-state index in [1.165, 1.54) is 44.1 Å². The van der Waals surface area contributed by atoms with Gasteiger partial charge in [-0.25, -0.2) is 9.97 Å². The van der Waals surface area contributed by atoms with E-state index in [0.717, 1.165) is 35.6 Å². The Balaban J connectivity index is 1.48. The zero-order valence-electron chi connectivity index (χ0n) is 15.6. The van der Waals surface area contributed by atoms with Crippen LogP contribution in [0.15, 0.2) is 36.7 Å². The van der Waals surface area contributed by atoms with Gasteiger partial charge in [-0.2, -0.15) is 0 Å². The number of nitrogens with zero attached hydrogens (tertiary/aromatic N) is 3. The first-order valence-corrected chi connectivity index (χ1v) is 10.1. The maximum absolute atomic E-state index is 6.23. The first-order chi connectivity index (χ1) is 13.3. The van der Waals surface area contributed by atoms with Crippen LogP contribution in [0.25, 0.3) is 16.8 Å². The van der Waals surface area contributed by atoms with Crippen molar-refractivity contribution in [2.24, 2.45) is 0 Å². The van der Waals surface area contributed by atoms with E-state index in [1.54, 1.807) is 6.20 Å². The number of fused-ring (bicyclic) bond motifs is 1. The molecule has 27 heavy (non-hydrogen) atoms. The summed E-state index contributed by atoms with van der Waals surface area (Å²) >= 11 is 0. The van der Waals surface area contributed by atoms with E-state index in [4.69, 9.17) is 15.5 Å². The van der Waals surface area contributed by atoms with E-state index in [2.05, 4.69) is 33.7 Å². The average Bonchev–Trinajstić information content (AvgIpc) is 3.03. The lowest BCUT2D eigenvalue weighted by Gasteiger charge is -2.23. The molecule has 1 aliphatic heterocycles. The molecule has 3 heterocycles. The Kier molecular flexibility index (Phi) is 4.32. The van der Waals surface area contributed by atoms with Crippen LogP contribution in [0.1, 0.15) is 55.8 Å². The molecule has 1 unspecified atom stereocenters. The number of rotatable bonds is 4. The fourth-order valence-electron chi connectivity index (χ4n) is 4.27. The number of ether oxygens (including phenoxy) is 1. The van der Waals surface area contributed by atoms with Crippen molar-refractivity contribution >= 4 is 11.3 Å². The Morgan fingerprint density at radius 1 is 1.07 bits per heavy atom. The molecule has 1 aromatic carbocycles. The minimum absolute atomic E-state index is 0.364. The van der Waals surface area contributed by atoms with Crippen molar-refractivity contribution in [2.45, 2.75) is 57.0 Å². The number of hydrogen-bond acceptors (Lipinski definition) is 4. The number of imidazole rings is 1. The Morgan fingerprint density at radius 3 is 2.63 bits per heavy atom. The molecular weight excluding hydrogens is 336 g/mol. The number of nitrogen functional groups attached to an aromatic ring is 1. The van der Waals surface area contributed by atoms with E-state index in [-0.39, 0.29) is 0 Å². The van der Waals surface area contributed by atoms with Crippen LogP contribution in [-0.4, -0.2) is 27.1 Å². The van der Waals surface area contributed by atoms with E-state index in [9.17, 15) is 0 Å². The minimum atomic E-state index is 0.364. The van der Waals surface area contributed by atoms with E-state index in [1.807, 2.05) is 6.20 Å². The fourth-order valence-corrected chi connectivity index (χ4v) is 4.27. The molecule has 2 aromatic heterocycles. The predicted octanol–water partition coefficient (Wildman–Crippen LogP) is 4.36. The van der Waals surface area contributed by atoms with Crippen molar-refractivity contribution in [1.29, 1.82) is 0 Å². The summed E-state index contributed by atoms with van der Waals surface area (Å²) in [6.07, 6.45) is 12.5. The summed E-state index contributed by atoms with van der Waals surface area (Å²) in [6, 6.07) is 8.73. The third kappa shape index (κ3) is 3.10.